The molecule has 2 rings (SSSR count). The highest BCUT2D eigenvalue weighted by molar-refractivity contribution is 4.80. The summed E-state index contributed by atoms with van der Waals surface area (Å²) in [5.74, 6) is 0. The molecule has 0 aromatic heterocycles. The van der Waals surface area contributed by atoms with Gasteiger partial charge >= 0.3 is 0 Å². The van der Waals surface area contributed by atoms with E-state index in [4.69, 9.17) is 4.74 Å². The van der Waals surface area contributed by atoms with E-state index in [0.29, 0.717) is 6.10 Å². The molecule has 3 nitrogen and oxygen atoms in total. The fourth-order valence-corrected chi connectivity index (χ4v) is 2.69. The van der Waals surface area contributed by atoms with Crippen molar-refractivity contribution >= 4 is 0 Å². The van der Waals surface area contributed by atoms with Crippen molar-refractivity contribution in [2.24, 2.45) is 0 Å². The molecule has 0 aromatic rings. The Bertz CT molecular complexity index is 178. The molecular formula is C12H24N2O. The molecule has 0 radical (unpaired) electrons. The number of hydrogen-bond donors (Lipinski definition) is 1. The summed E-state index contributed by atoms with van der Waals surface area (Å²) in [6.07, 6.45) is 5.65. The third-order valence-corrected chi connectivity index (χ3v) is 3.69. The number of nitrogens with zero attached hydrogens (tertiary/aromatic N) is 1. The van der Waals surface area contributed by atoms with Gasteiger partial charge in [-0.05, 0) is 38.8 Å². The van der Waals surface area contributed by atoms with Crippen molar-refractivity contribution in [1.29, 1.82) is 0 Å². The van der Waals surface area contributed by atoms with E-state index in [1.54, 1.807) is 0 Å². The number of ether oxygens (including phenoxy) is 1. The van der Waals surface area contributed by atoms with E-state index >= 15 is 0 Å². The van der Waals surface area contributed by atoms with Crippen LogP contribution in [0.25, 0.3) is 0 Å². The molecule has 0 aliphatic carbocycles. The van der Waals surface area contributed by atoms with Crippen LogP contribution in [0.2, 0.25) is 0 Å². The average Bonchev–Trinajstić information content (AvgIpc) is 2.58. The Morgan fingerprint density at radius 3 is 3.13 bits per heavy atom. The maximum absolute atomic E-state index is 5.72. The second-order valence-corrected chi connectivity index (χ2v) is 4.73. The first kappa shape index (κ1) is 11.4. The van der Waals surface area contributed by atoms with Crippen molar-refractivity contribution in [3.05, 3.63) is 0 Å². The van der Waals surface area contributed by atoms with Crippen LogP contribution in [0.5, 0.6) is 0 Å². The molecule has 0 bridgehead atoms. The lowest BCUT2D eigenvalue weighted by Gasteiger charge is -2.37. The van der Waals surface area contributed by atoms with Gasteiger partial charge in [-0.2, -0.15) is 0 Å². The first-order valence-corrected chi connectivity index (χ1v) is 6.46. The Kier molecular flexibility index (Phi) is 4.42. The van der Waals surface area contributed by atoms with Gasteiger partial charge in [0.25, 0.3) is 0 Å². The van der Waals surface area contributed by atoms with Gasteiger partial charge in [0.1, 0.15) is 0 Å². The minimum Gasteiger partial charge on any atom is -0.376 e. The summed E-state index contributed by atoms with van der Waals surface area (Å²) in [4.78, 5) is 2.66. The highest BCUT2D eigenvalue weighted by atomic mass is 16.5. The standard InChI is InChI=1S/C12H24N2O/c1-2-12-10-14(8-9-15-12)11-4-3-6-13-7-5-11/h11-13H,2-10H2,1H3. The van der Waals surface area contributed by atoms with Gasteiger partial charge in [0.05, 0.1) is 12.7 Å². The van der Waals surface area contributed by atoms with Crippen LogP contribution in [0.3, 0.4) is 0 Å². The molecule has 0 amide bonds. The van der Waals surface area contributed by atoms with Crippen molar-refractivity contribution in [2.75, 3.05) is 32.8 Å². The maximum Gasteiger partial charge on any atom is 0.0700 e. The molecule has 0 saturated carbocycles. The Balaban J connectivity index is 1.84. The van der Waals surface area contributed by atoms with Crippen LogP contribution in [-0.4, -0.2) is 49.8 Å². The normalized spacial score (nSPS) is 35.0. The number of rotatable bonds is 2. The molecule has 0 aromatic carbocycles. The molecule has 88 valence electrons. The lowest BCUT2D eigenvalue weighted by atomic mass is 10.1. The lowest BCUT2D eigenvalue weighted by molar-refractivity contribution is -0.0458. The average molecular weight is 212 g/mol. The van der Waals surface area contributed by atoms with E-state index in [0.717, 1.165) is 32.2 Å². The van der Waals surface area contributed by atoms with E-state index in [-0.39, 0.29) is 0 Å². The molecule has 15 heavy (non-hydrogen) atoms. The van der Waals surface area contributed by atoms with E-state index in [1.165, 1.54) is 32.4 Å². The number of morpholine rings is 1. The summed E-state index contributed by atoms with van der Waals surface area (Å²) in [5, 5.41) is 3.48. The molecule has 2 unspecified atom stereocenters. The van der Waals surface area contributed by atoms with Gasteiger partial charge in [-0.3, -0.25) is 4.90 Å². The largest absolute Gasteiger partial charge is 0.376 e. The zero-order valence-electron chi connectivity index (χ0n) is 9.87. The summed E-state index contributed by atoms with van der Waals surface area (Å²) in [6.45, 7) is 7.85. The minimum atomic E-state index is 0.481. The maximum atomic E-state index is 5.72. The van der Waals surface area contributed by atoms with Crippen LogP contribution in [0.1, 0.15) is 32.6 Å². The first-order chi connectivity index (χ1) is 7.40. The monoisotopic (exact) mass is 212 g/mol. The van der Waals surface area contributed by atoms with Crippen molar-refractivity contribution in [2.45, 2.75) is 44.8 Å². The van der Waals surface area contributed by atoms with Crippen LogP contribution >= 0.6 is 0 Å². The Morgan fingerprint density at radius 2 is 2.27 bits per heavy atom. The zero-order valence-corrected chi connectivity index (χ0v) is 9.87. The Labute approximate surface area is 93.2 Å². The lowest BCUT2D eigenvalue weighted by Crippen LogP contribution is -2.47. The summed E-state index contributed by atoms with van der Waals surface area (Å²) < 4.78 is 5.72. The van der Waals surface area contributed by atoms with Gasteiger partial charge in [-0.25, -0.2) is 0 Å². The molecule has 2 saturated heterocycles. The van der Waals surface area contributed by atoms with E-state index in [9.17, 15) is 0 Å². The predicted molar refractivity (Wildman–Crippen MR) is 62.1 cm³/mol. The summed E-state index contributed by atoms with van der Waals surface area (Å²) >= 11 is 0. The molecular weight excluding hydrogens is 188 g/mol. The van der Waals surface area contributed by atoms with Crippen molar-refractivity contribution in [1.82, 2.24) is 10.2 Å². The quantitative estimate of drug-likeness (QED) is 0.745. The van der Waals surface area contributed by atoms with Crippen molar-refractivity contribution in [3.8, 4) is 0 Å². The van der Waals surface area contributed by atoms with Crippen LogP contribution in [0.15, 0.2) is 0 Å². The third kappa shape index (κ3) is 3.16. The fourth-order valence-electron chi connectivity index (χ4n) is 2.69. The van der Waals surface area contributed by atoms with Crippen molar-refractivity contribution in [3.63, 3.8) is 0 Å². The SMILES string of the molecule is CCC1CN(C2CCCNCC2)CCO1. The summed E-state index contributed by atoms with van der Waals surface area (Å²) in [5.41, 5.74) is 0. The zero-order chi connectivity index (χ0) is 10.5. The molecule has 2 heterocycles. The topological polar surface area (TPSA) is 24.5 Å². The third-order valence-electron chi connectivity index (χ3n) is 3.69. The van der Waals surface area contributed by atoms with Gasteiger partial charge in [0.2, 0.25) is 0 Å². The highest BCUT2D eigenvalue weighted by Crippen LogP contribution is 2.17. The Morgan fingerprint density at radius 1 is 1.33 bits per heavy atom. The molecule has 2 aliphatic rings. The predicted octanol–water partition coefficient (Wildman–Crippen LogP) is 1.24. The van der Waals surface area contributed by atoms with Gasteiger partial charge in [0.15, 0.2) is 0 Å². The minimum absolute atomic E-state index is 0.481. The smallest absolute Gasteiger partial charge is 0.0700 e. The molecule has 0 spiro atoms. The Hall–Kier alpha value is -0.120. The molecule has 2 fully saturated rings. The van der Waals surface area contributed by atoms with E-state index in [2.05, 4.69) is 17.1 Å². The van der Waals surface area contributed by atoms with Gasteiger partial charge in [-0.1, -0.05) is 6.92 Å². The molecule has 2 atom stereocenters. The van der Waals surface area contributed by atoms with E-state index in [1.807, 2.05) is 0 Å². The van der Waals surface area contributed by atoms with Gasteiger partial charge < -0.3 is 10.1 Å². The first-order valence-electron chi connectivity index (χ1n) is 6.46. The van der Waals surface area contributed by atoms with Crippen molar-refractivity contribution < 1.29 is 4.74 Å². The van der Waals surface area contributed by atoms with Crippen LogP contribution < -0.4 is 5.32 Å². The summed E-state index contributed by atoms with van der Waals surface area (Å²) in [6, 6.07) is 0.804. The van der Waals surface area contributed by atoms with Gasteiger partial charge in [-0.15, -0.1) is 0 Å². The summed E-state index contributed by atoms with van der Waals surface area (Å²) in [7, 11) is 0. The molecule has 1 N–H and O–H groups in total. The second kappa shape index (κ2) is 5.83. The van der Waals surface area contributed by atoms with E-state index < -0.39 is 0 Å². The highest BCUT2D eigenvalue weighted by Gasteiger charge is 2.25. The molecule has 3 heteroatoms. The molecule has 2 aliphatic heterocycles. The van der Waals surface area contributed by atoms with Gasteiger partial charge in [0, 0.05) is 19.1 Å². The van der Waals surface area contributed by atoms with Crippen LogP contribution in [0.4, 0.5) is 0 Å². The second-order valence-electron chi connectivity index (χ2n) is 4.73. The van der Waals surface area contributed by atoms with Crippen LogP contribution in [-0.2, 0) is 4.74 Å². The number of nitrogens with one attached hydrogen (secondary N) is 1. The fraction of sp³-hybridized carbons (Fsp3) is 1.00. The van der Waals surface area contributed by atoms with Crippen LogP contribution in [0, 0.1) is 0 Å². The number of hydrogen-bond acceptors (Lipinski definition) is 3.